The van der Waals surface area contributed by atoms with E-state index in [2.05, 4.69) is 20.4 Å². The normalized spacial score (nSPS) is 20.8. The van der Waals surface area contributed by atoms with Crippen LogP contribution in [0.5, 0.6) is 0 Å². The lowest BCUT2D eigenvalue weighted by Gasteiger charge is -2.40. The van der Waals surface area contributed by atoms with Gasteiger partial charge in [-0.2, -0.15) is 0 Å². The summed E-state index contributed by atoms with van der Waals surface area (Å²) in [5, 5.41) is 6.48. The Hall–Kier alpha value is -0.710. The Labute approximate surface area is 210 Å². The summed E-state index contributed by atoms with van der Waals surface area (Å²) in [6, 6.07) is 0.729. The Balaban J connectivity index is 0.00000320. The molecule has 2 amide bonds. The lowest BCUT2D eigenvalue weighted by atomic mass is 10.0. The summed E-state index contributed by atoms with van der Waals surface area (Å²) in [5.74, 6) is 0. The number of halogens is 3. The number of nitrogens with zero attached hydrogens (tertiary/aromatic N) is 3. The van der Waals surface area contributed by atoms with Crippen molar-refractivity contribution in [3.63, 3.8) is 0 Å². The Morgan fingerprint density at radius 1 is 0.938 bits per heavy atom. The highest BCUT2D eigenvalue weighted by Gasteiger charge is 2.27. The van der Waals surface area contributed by atoms with Crippen LogP contribution in [0, 0.1) is 0 Å². The quantitative estimate of drug-likeness (QED) is 0.518. The van der Waals surface area contributed by atoms with Gasteiger partial charge in [0.2, 0.25) is 0 Å². The van der Waals surface area contributed by atoms with Gasteiger partial charge in [0.25, 0.3) is 0 Å². The van der Waals surface area contributed by atoms with Gasteiger partial charge in [-0.15, -0.1) is 37.2 Å². The predicted molar refractivity (Wildman–Crippen MR) is 132 cm³/mol. The molecule has 0 aliphatic carbocycles. The van der Waals surface area contributed by atoms with E-state index in [1.165, 1.54) is 12.8 Å². The molecule has 3 fully saturated rings. The minimum absolute atomic E-state index is 0. The molecular formula is C20H40Cl3N5O4. The van der Waals surface area contributed by atoms with Crippen LogP contribution in [0.15, 0.2) is 0 Å². The number of hydrogen-bond acceptors (Lipinski definition) is 7. The molecule has 3 rings (SSSR count). The molecule has 0 spiro atoms. The fraction of sp³-hybridized carbons (Fsp3) is 0.900. The van der Waals surface area contributed by atoms with Crippen molar-refractivity contribution < 1.29 is 19.1 Å². The number of carbonyl (C=O) groups is 2. The van der Waals surface area contributed by atoms with Crippen molar-refractivity contribution in [2.45, 2.75) is 44.8 Å². The number of piperidine rings is 2. The average Bonchev–Trinajstić information content (AvgIpc) is 2.76. The van der Waals surface area contributed by atoms with E-state index in [9.17, 15) is 9.59 Å². The second-order valence-electron chi connectivity index (χ2n) is 8.08. The van der Waals surface area contributed by atoms with Crippen molar-refractivity contribution in [3.05, 3.63) is 0 Å². The second kappa shape index (κ2) is 16.8. The predicted octanol–water partition coefficient (Wildman–Crippen LogP) is 1.97. The van der Waals surface area contributed by atoms with Crippen LogP contribution >= 0.6 is 37.2 Å². The van der Waals surface area contributed by atoms with Gasteiger partial charge < -0.3 is 29.9 Å². The maximum Gasteiger partial charge on any atom is 0.508 e. The Bertz CT molecular complexity index is 527. The summed E-state index contributed by atoms with van der Waals surface area (Å²) >= 11 is 0. The average molecular weight is 521 g/mol. The molecule has 190 valence electrons. The van der Waals surface area contributed by atoms with Crippen molar-refractivity contribution >= 4 is 49.4 Å². The van der Waals surface area contributed by atoms with Crippen molar-refractivity contribution in [1.82, 2.24) is 25.3 Å². The van der Waals surface area contributed by atoms with E-state index >= 15 is 0 Å². The molecule has 3 aliphatic heterocycles. The van der Waals surface area contributed by atoms with Gasteiger partial charge in [0, 0.05) is 58.4 Å². The van der Waals surface area contributed by atoms with Crippen LogP contribution in [-0.4, -0.2) is 111 Å². The molecular weight excluding hydrogens is 481 g/mol. The molecule has 0 atom stereocenters. The van der Waals surface area contributed by atoms with Gasteiger partial charge in [-0.05, 0) is 45.7 Å². The van der Waals surface area contributed by atoms with Gasteiger partial charge in [-0.25, -0.2) is 9.59 Å². The van der Waals surface area contributed by atoms with Crippen LogP contribution in [-0.2, 0) is 9.47 Å². The maximum absolute atomic E-state index is 12.5. The highest BCUT2D eigenvalue weighted by molar-refractivity contribution is 5.86. The highest BCUT2D eigenvalue weighted by atomic mass is 35.5. The first-order valence-corrected chi connectivity index (χ1v) is 11.2. The largest absolute Gasteiger partial charge is 0.508 e. The first-order chi connectivity index (χ1) is 14.2. The zero-order valence-corrected chi connectivity index (χ0v) is 21.4. The second-order valence-corrected chi connectivity index (χ2v) is 8.08. The molecule has 2 N–H and O–H groups in total. The first-order valence-electron chi connectivity index (χ1n) is 11.2. The summed E-state index contributed by atoms with van der Waals surface area (Å²) in [7, 11) is 0. The Kier molecular flexibility index (Phi) is 16.5. The molecule has 0 unspecified atom stereocenters. The van der Waals surface area contributed by atoms with Crippen molar-refractivity contribution in [3.8, 4) is 0 Å². The van der Waals surface area contributed by atoms with E-state index in [1.54, 1.807) is 6.92 Å². The van der Waals surface area contributed by atoms with Crippen molar-refractivity contribution in [1.29, 1.82) is 0 Å². The van der Waals surface area contributed by atoms with Gasteiger partial charge in [0.15, 0.2) is 0 Å². The Morgan fingerprint density at radius 2 is 1.56 bits per heavy atom. The van der Waals surface area contributed by atoms with E-state index in [-0.39, 0.29) is 49.4 Å². The topological polar surface area (TPSA) is 86.4 Å². The number of rotatable bonds is 6. The van der Waals surface area contributed by atoms with Crippen LogP contribution in [0.4, 0.5) is 9.59 Å². The Morgan fingerprint density at radius 3 is 2.16 bits per heavy atom. The number of carbonyl (C=O) groups excluding carboxylic acids is 2. The monoisotopic (exact) mass is 519 g/mol. The van der Waals surface area contributed by atoms with Gasteiger partial charge in [0.05, 0.1) is 6.61 Å². The highest BCUT2D eigenvalue weighted by Crippen LogP contribution is 2.15. The minimum atomic E-state index is -0.571. The minimum Gasteiger partial charge on any atom is -0.435 e. The van der Waals surface area contributed by atoms with Gasteiger partial charge >= 0.3 is 12.2 Å². The van der Waals surface area contributed by atoms with E-state index in [0.29, 0.717) is 19.2 Å². The third kappa shape index (κ3) is 10.1. The SMILES string of the molecule is CCOC(=O)OC1CCN(CCNC(=O)N2CCN(C3CCNCC3)CC2)CC1.Cl.Cl.Cl. The molecule has 32 heavy (non-hydrogen) atoms. The molecule has 0 aromatic rings. The van der Waals surface area contributed by atoms with E-state index < -0.39 is 6.16 Å². The molecule has 0 saturated carbocycles. The lowest BCUT2D eigenvalue weighted by molar-refractivity contribution is 0.00212. The lowest BCUT2D eigenvalue weighted by Crippen LogP contribution is -2.56. The van der Waals surface area contributed by atoms with Crippen LogP contribution in [0.2, 0.25) is 0 Å². The molecule has 0 radical (unpaired) electrons. The molecule has 0 aromatic carbocycles. The standard InChI is InChI=1S/C20H37N5O4.3ClH/c1-2-28-20(27)29-18-5-10-23(11-6-18)12-9-22-19(26)25-15-13-24(14-16-25)17-3-7-21-8-4-17;;;/h17-18,21H,2-16H2,1H3,(H,22,26);3*1H. The zero-order valence-electron chi connectivity index (χ0n) is 19.0. The number of piperazine rings is 1. The van der Waals surface area contributed by atoms with Crippen LogP contribution < -0.4 is 10.6 Å². The van der Waals surface area contributed by atoms with E-state index in [1.807, 2.05) is 4.90 Å². The van der Waals surface area contributed by atoms with Crippen LogP contribution in [0.25, 0.3) is 0 Å². The number of ether oxygens (including phenoxy) is 2. The number of urea groups is 1. The molecule has 3 heterocycles. The third-order valence-corrected chi connectivity index (χ3v) is 6.19. The number of nitrogens with one attached hydrogen (secondary N) is 2. The summed E-state index contributed by atoms with van der Waals surface area (Å²) in [5.41, 5.74) is 0. The van der Waals surface area contributed by atoms with E-state index in [4.69, 9.17) is 9.47 Å². The zero-order chi connectivity index (χ0) is 20.5. The molecule has 3 aliphatic rings. The molecule has 12 heteroatoms. The first kappa shape index (κ1) is 31.3. The molecule has 3 saturated heterocycles. The summed E-state index contributed by atoms with van der Waals surface area (Å²) in [6.07, 6.45) is 3.42. The number of amides is 2. The number of likely N-dealkylation sites (tertiary alicyclic amines) is 1. The van der Waals surface area contributed by atoms with Crippen LogP contribution in [0.1, 0.15) is 32.6 Å². The fourth-order valence-electron chi connectivity index (χ4n) is 4.43. The summed E-state index contributed by atoms with van der Waals surface area (Å²) in [4.78, 5) is 30.6. The van der Waals surface area contributed by atoms with Crippen molar-refractivity contribution in [2.24, 2.45) is 0 Å². The molecule has 0 bridgehead atoms. The van der Waals surface area contributed by atoms with Crippen molar-refractivity contribution in [2.75, 3.05) is 72.1 Å². The fourth-order valence-corrected chi connectivity index (χ4v) is 4.43. The third-order valence-electron chi connectivity index (χ3n) is 6.19. The van der Waals surface area contributed by atoms with Crippen LogP contribution in [0.3, 0.4) is 0 Å². The summed E-state index contributed by atoms with van der Waals surface area (Å²) in [6.45, 7) is 11.1. The van der Waals surface area contributed by atoms with Gasteiger partial charge in [-0.1, -0.05) is 0 Å². The molecule has 9 nitrogen and oxygen atoms in total. The molecule has 0 aromatic heterocycles. The van der Waals surface area contributed by atoms with Gasteiger partial charge in [-0.3, -0.25) is 4.90 Å². The maximum atomic E-state index is 12.5. The van der Waals surface area contributed by atoms with Gasteiger partial charge in [0.1, 0.15) is 6.10 Å². The smallest absolute Gasteiger partial charge is 0.435 e. The summed E-state index contributed by atoms with van der Waals surface area (Å²) < 4.78 is 10.1. The van der Waals surface area contributed by atoms with E-state index in [0.717, 1.165) is 71.7 Å². The number of hydrogen-bond donors (Lipinski definition) is 2.